The Morgan fingerprint density at radius 1 is 1.54 bits per heavy atom. The molecule has 1 fully saturated rings. The molecule has 13 heavy (non-hydrogen) atoms. The van der Waals surface area contributed by atoms with E-state index in [9.17, 15) is 8.42 Å². The summed E-state index contributed by atoms with van der Waals surface area (Å²) in [5.74, 6) is 0.485. The van der Waals surface area contributed by atoms with E-state index in [1.807, 2.05) is 0 Å². The van der Waals surface area contributed by atoms with Crippen LogP contribution in [-0.2, 0) is 10.0 Å². The van der Waals surface area contributed by atoms with Crippen LogP contribution in [0.3, 0.4) is 0 Å². The molecular formula is C7H10N2O2S2. The van der Waals surface area contributed by atoms with Crippen molar-refractivity contribution in [2.24, 2.45) is 5.14 Å². The SMILES string of the molecule is Cc1nc(C2CC2)sc1S(N)(=O)=O. The van der Waals surface area contributed by atoms with Gasteiger partial charge in [-0.1, -0.05) is 0 Å². The summed E-state index contributed by atoms with van der Waals surface area (Å²) in [5.41, 5.74) is 0.536. The molecule has 1 aliphatic carbocycles. The topological polar surface area (TPSA) is 73.0 Å². The van der Waals surface area contributed by atoms with Gasteiger partial charge in [-0.2, -0.15) is 0 Å². The lowest BCUT2D eigenvalue weighted by Gasteiger charge is -1.90. The Labute approximate surface area is 80.8 Å². The molecule has 1 aliphatic rings. The van der Waals surface area contributed by atoms with Crippen molar-refractivity contribution in [1.29, 1.82) is 0 Å². The molecule has 0 unspecified atom stereocenters. The van der Waals surface area contributed by atoms with E-state index >= 15 is 0 Å². The van der Waals surface area contributed by atoms with E-state index in [1.54, 1.807) is 6.92 Å². The van der Waals surface area contributed by atoms with Gasteiger partial charge in [0.05, 0.1) is 10.7 Å². The zero-order chi connectivity index (χ0) is 9.64. The minimum Gasteiger partial charge on any atom is -0.245 e. The highest BCUT2D eigenvalue weighted by Crippen LogP contribution is 2.43. The molecular weight excluding hydrogens is 208 g/mol. The van der Waals surface area contributed by atoms with Crippen molar-refractivity contribution >= 4 is 21.4 Å². The van der Waals surface area contributed by atoms with Gasteiger partial charge in [-0.3, -0.25) is 0 Å². The molecule has 0 aliphatic heterocycles. The van der Waals surface area contributed by atoms with Crippen molar-refractivity contribution in [2.45, 2.75) is 29.9 Å². The normalized spacial score (nSPS) is 17.7. The van der Waals surface area contributed by atoms with Gasteiger partial charge in [-0.15, -0.1) is 11.3 Å². The summed E-state index contributed by atoms with van der Waals surface area (Å²) >= 11 is 1.21. The Kier molecular flexibility index (Phi) is 1.94. The van der Waals surface area contributed by atoms with Gasteiger partial charge in [0.2, 0.25) is 10.0 Å². The molecule has 0 amide bonds. The van der Waals surface area contributed by atoms with E-state index < -0.39 is 10.0 Å². The van der Waals surface area contributed by atoms with Crippen molar-refractivity contribution < 1.29 is 8.42 Å². The molecule has 1 heterocycles. The second-order valence-electron chi connectivity index (χ2n) is 3.24. The fourth-order valence-electron chi connectivity index (χ4n) is 1.17. The average Bonchev–Trinajstić information content (AvgIpc) is 2.73. The van der Waals surface area contributed by atoms with E-state index in [0.717, 1.165) is 17.8 Å². The molecule has 2 N–H and O–H groups in total. The minimum absolute atomic E-state index is 0.217. The van der Waals surface area contributed by atoms with Crippen LogP contribution in [0.25, 0.3) is 0 Å². The van der Waals surface area contributed by atoms with Gasteiger partial charge >= 0.3 is 0 Å². The Morgan fingerprint density at radius 2 is 2.15 bits per heavy atom. The molecule has 1 saturated carbocycles. The standard InChI is InChI=1S/C7H10N2O2S2/c1-4-7(13(8,10)11)12-6(9-4)5-2-3-5/h5H,2-3H2,1H3,(H2,8,10,11). The molecule has 2 rings (SSSR count). The summed E-state index contributed by atoms with van der Waals surface area (Å²) in [6.45, 7) is 1.68. The Hall–Kier alpha value is -0.460. The Bertz CT molecular complexity index is 431. The molecule has 1 aromatic rings. The van der Waals surface area contributed by atoms with Gasteiger partial charge in [-0.25, -0.2) is 18.5 Å². The predicted octanol–water partition coefficient (Wildman–Crippen LogP) is 0.976. The van der Waals surface area contributed by atoms with Crippen LogP contribution >= 0.6 is 11.3 Å². The lowest BCUT2D eigenvalue weighted by Crippen LogP contribution is -2.11. The number of thiazole rings is 1. The molecule has 0 bridgehead atoms. The number of hydrogen-bond acceptors (Lipinski definition) is 4. The van der Waals surface area contributed by atoms with Crippen LogP contribution < -0.4 is 5.14 Å². The first kappa shape index (κ1) is 9.11. The van der Waals surface area contributed by atoms with E-state index in [4.69, 9.17) is 5.14 Å². The fraction of sp³-hybridized carbons (Fsp3) is 0.571. The van der Waals surface area contributed by atoms with Crippen LogP contribution in [0, 0.1) is 6.92 Å². The van der Waals surface area contributed by atoms with Crippen LogP contribution in [0.5, 0.6) is 0 Å². The van der Waals surface area contributed by atoms with Crippen LogP contribution in [0.2, 0.25) is 0 Å². The number of nitrogens with two attached hydrogens (primary N) is 1. The van der Waals surface area contributed by atoms with Crippen LogP contribution in [0.4, 0.5) is 0 Å². The summed E-state index contributed by atoms with van der Waals surface area (Å²) in [5, 5.41) is 5.95. The maximum atomic E-state index is 11.1. The molecule has 0 spiro atoms. The second kappa shape index (κ2) is 2.76. The highest BCUT2D eigenvalue weighted by molar-refractivity contribution is 7.91. The highest BCUT2D eigenvalue weighted by Gasteiger charge is 2.29. The van der Waals surface area contributed by atoms with Crippen LogP contribution in [-0.4, -0.2) is 13.4 Å². The van der Waals surface area contributed by atoms with Gasteiger partial charge in [-0.05, 0) is 19.8 Å². The summed E-state index contributed by atoms with van der Waals surface area (Å²) in [6.07, 6.45) is 2.24. The fourth-order valence-corrected chi connectivity index (χ4v) is 3.32. The van der Waals surface area contributed by atoms with Crippen molar-refractivity contribution in [1.82, 2.24) is 4.98 Å². The monoisotopic (exact) mass is 218 g/mol. The van der Waals surface area contributed by atoms with E-state index in [2.05, 4.69) is 4.98 Å². The predicted molar refractivity (Wildman–Crippen MR) is 50.2 cm³/mol. The highest BCUT2D eigenvalue weighted by atomic mass is 32.2. The van der Waals surface area contributed by atoms with Crippen molar-refractivity contribution in [3.8, 4) is 0 Å². The summed E-state index contributed by atoms with van der Waals surface area (Å²) in [6, 6.07) is 0. The Balaban J connectivity index is 2.47. The number of aryl methyl sites for hydroxylation is 1. The summed E-state index contributed by atoms with van der Waals surface area (Å²) in [7, 11) is -3.56. The number of nitrogens with zero attached hydrogens (tertiary/aromatic N) is 1. The molecule has 0 aromatic carbocycles. The smallest absolute Gasteiger partial charge is 0.245 e. The van der Waals surface area contributed by atoms with Crippen LogP contribution in [0.15, 0.2) is 4.21 Å². The minimum atomic E-state index is -3.56. The Morgan fingerprint density at radius 3 is 2.54 bits per heavy atom. The van der Waals surface area contributed by atoms with Crippen molar-refractivity contribution in [3.05, 3.63) is 10.7 Å². The molecule has 0 atom stereocenters. The third kappa shape index (κ3) is 1.74. The first-order chi connectivity index (χ1) is 5.98. The zero-order valence-corrected chi connectivity index (χ0v) is 8.78. The molecule has 6 heteroatoms. The third-order valence-electron chi connectivity index (χ3n) is 1.96. The summed E-state index contributed by atoms with van der Waals surface area (Å²) < 4.78 is 22.3. The zero-order valence-electron chi connectivity index (χ0n) is 7.15. The molecule has 1 aromatic heterocycles. The third-order valence-corrected chi connectivity index (χ3v) is 4.83. The number of aromatic nitrogens is 1. The largest absolute Gasteiger partial charge is 0.249 e. The lowest BCUT2D eigenvalue weighted by molar-refractivity contribution is 0.599. The van der Waals surface area contributed by atoms with Gasteiger partial charge in [0.25, 0.3) is 0 Å². The second-order valence-corrected chi connectivity index (χ2v) is 6.03. The number of rotatable bonds is 2. The molecule has 0 radical (unpaired) electrons. The van der Waals surface area contributed by atoms with Crippen molar-refractivity contribution in [2.75, 3.05) is 0 Å². The molecule has 4 nitrogen and oxygen atoms in total. The number of sulfonamides is 1. The maximum Gasteiger partial charge on any atom is 0.249 e. The first-order valence-corrected chi connectivity index (χ1v) is 6.35. The average molecular weight is 218 g/mol. The number of hydrogen-bond donors (Lipinski definition) is 1. The van der Waals surface area contributed by atoms with E-state index in [-0.39, 0.29) is 4.21 Å². The van der Waals surface area contributed by atoms with Crippen molar-refractivity contribution in [3.63, 3.8) is 0 Å². The van der Waals surface area contributed by atoms with Gasteiger partial charge in [0.1, 0.15) is 0 Å². The van der Waals surface area contributed by atoms with Crippen LogP contribution in [0.1, 0.15) is 29.5 Å². The van der Waals surface area contributed by atoms with Gasteiger partial charge in [0, 0.05) is 5.92 Å². The summed E-state index contributed by atoms with van der Waals surface area (Å²) in [4.78, 5) is 4.20. The van der Waals surface area contributed by atoms with Gasteiger partial charge < -0.3 is 0 Å². The number of primary sulfonamides is 1. The van der Waals surface area contributed by atoms with E-state index in [0.29, 0.717) is 11.6 Å². The van der Waals surface area contributed by atoms with Gasteiger partial charge in [0.15, 0.2) is 4.21 Å². The maximum absolute atomic E-state index is 11.1. The lowest BCUT2D eigenvalue weighted by atomic mass is 10.4. The molecule has 72 valence electrons. The molecule has 0 saturated heterocycles. The van der Waals surface area contributed by atoms with E-state index in [1.165, 1.54) is 11.3 Å². The first-order valence-electron chi connectivity index (χ1n) is 3.98. The quantitative estimate of drug-likeness (QED) is 0.804.